The van der Waals surface area contributed by atoms with E-state index in [0.29, 0.717) is 40.1 Å². The maximum atomic E-state index is 14.0. The van der Waals surface area contributed by atoms with Gasteiger partial charge in [0.05, 0.1) is 45.4 Å². The number of halogens is 3. The summed E-state index contributed by atoms with van der Waals surface area (Å²) in [6.45, 7) is 6.76. The number of fused-ring (bicyclic) bond motifs is 2. The second-order valence-corrected chi connectivity index (χ2v) is 12.4. The number of rotatable bonds is 7. The molecule has 2 aliphatic heterocycles. The molecule has 1 atom stereocenters. The lowest BCUT2D eigenvalue weighted by Gasteiger charge is -2.28. The predicted octanol–water partition coefficient (Wildman–Crippen LogP) is 5.13. The first-order valence-electron chi connectivity index (χ1n) is 14.1. The molecule has 2 aromatic carbocycles. The first-order chi connectivity index (χ1) is 20.8. The quantitative estimate of drug-likeness (QED) is 0.214. The number of hydrogen-bond acceptors (Lipinski definition) is 11. The number of aromatic nitrogens is 1. The van der Waals surface area contributed by atoms with Crippen molar-refractivity contribution in [2.45, 2.75) is 51.4 Å². The Balaban J connectivity index is 1.47. The van der Waals surface area contributed by atoms with Gasteiger partial charge in [-0.2, -0.15) is 23.7 Å². The van der Waals surface area contributed by atoms with Crippen molar-refractivity contribution in [1.82, 2.24) is 26.5 Å². The minimum absolute atomic E-state index is 0.0147. The van der Waals surface area contributed by atoms with Gasteiger partial charge in [0.25, 0.3) is 0 Å². The summed E-state index contributed by atoms with van der Waals surface area (Å²) < 4.78 is 42.0. The molecule has 14 heteroatoms. The summed E-state index contributed by atoms with van der Waals surface area (Å²) in [6.07, 6.45) is -1.54. The highest BCUT2D eigenvalue weighted by atomic mass is 19.4. The molecule has 3 heterocycles. The number of alkyl halides is 3. The molecule has 1 saturated carbocycles. The average molecular weight is 604 g/mol. The topological polar surface area (TPSA) is 139 Å². The van der Waals surface area contributed by atoms with E-state index in [2.05, 4.69) is 70.4 Å². The number of hydrogen-bond donors (Lipinski definition) is 6. The molecular formula is C30H32F3N11. The van der Waals surface area contributed by atoms with Crippen LogP contribution < -0.4 is 37.6 Å². The summed E-state index contributed by atoms with van der Waals surface area (Å²) in [5.41, 5.74) is 14.7. The van der Waals surface area contributed by atoms with Gasteiger partial charge in [-0.25, -0.2) is 0 Å². The molecule has 44 heavy (non-hydrogen) atoms. The summed E-state index contributed by atoms with van der Waals surface area (Å²) >= 11 is 0. The first kappa shape index (κ1) is 29.2. The molecule has 11 nitrogen and oxygen atoms in total. The number of nitrogens with one attached hydrogen (secondary N) is 6. The van der Waals surface area contributed by atoms with Crippen molar-refractivity contribution in [3.63, 3.8) is 0 Å². The second-order valence-electron chi connectivity index (χ2n) is 12.4. The van der Waals surface area contributed by atoms with Crippen LogP contribution in [0.25, 0.3) is 10.9 Å². The standard InChI is InChI=1S/C30H32F3N11/c1-28(2,3)16-37-25-18(13-35)14-36-24-17(12-34)10-19(11-21(24)25)38-26(20-6-5-7-22-27(20)43(4)41-39-22)23-15-44(42-40-23)29(8-9-29)30(31,32)33/h5-7,10-11,14-15,26,38-42H,8-9,16H2,1-4H3,(H,36,37)/t26-/m0/s1. The van der Waals surface area contributed by atoms with Gasteiger partial charge in [-0.05, 0) is 36.5 Å². The van der Waals surface area contributed by atoms with Crippen LogP contribution in [0.4, 0.5) is 35.9 Å². The Morgan fingerprint density at radius 1 is 1.07 bits per heavy atom. The molecule has 0 radical (unpaired) electrons. The van der Waals surface area contributed by atoms with Crippen LogP contribution in [0.1, 0.15) is 56.3 Å². The number of nitrogens with zero attached hydrogens (tertiary/aromatic N) is 5. The second kappa shape index (κ2) is 10.4. The van der Waals surface area contributed by atoms with E-state index in [4.69, 9.17) is 0 Å². The van der Waals surface area contributed by atoms with Crippen molar-refractivity contribution in [2.75, 3.05) is 34.7 Å². The summed E-state index contributed by atoms with van der Waals surface area (Å²) in [5.74, 6) is 0. The minimum atomic E-state index is -4.42. The molecule has 6 rings (SSSR count). The lowest BCUT2D eigenvalue weighted by Crippen LogP contribution is -2.52. The fourth-order valence-corrected chi connectivity index (χ4v) is 5.54. The van der Waals surface area contributed by atoms with E-state index >= 15 is 0 Å². The number of pyridine rings is 1. The lowest BCUT2D eigenvalue weighted by molar-refractivity contribution is -0.195. The number of anilines is 4. The number of benzene rings is 2. The Hall–Kier alpha value is -4.92. The number of para-hydroxylation sites is 1. The van der Waals surface area contributed by atoms with Gasteiger partial charge in [-0.1, -0.05) is 32.9 Å². The van der Waals surface area contributed by atoms with E-state index in [-0.39, 0.29) is 23.8 Å². The monoisotopic (exact) mass is 603 g/mol. The largest absolute Gasteiger partial charge is 0.413 e. The summed E-state index contributed by atoms with van der Waals surface area (Å²) in [7, 11) is 1.83. The third-order valence-corrected chi connectivity index (χ3v) is 8.00. The lowest BCUT2D eigenvalue weighted by atomic mass is 9.96. The molecule has 0 bridgehead atoms. The number of hydrazine groups is 4. The Bertz CT molecular complexity index is 1740. The van der Waals surface area contributed by atoms with Gasteiger partial charge < -0.3 is 21.5 Å². The normalized spacial score (nSPS) is 17.6. The molecule has 6 N–H and O–H groups in total. The van der Waals surface area contributed by atoms with E-state index in [9.17, 15) is 23.7 Å². The van der Waals surface area contributed by atoms with E-state index in [1.54, 1.807) is 11.1 Å². The molecule has 1 aliphatic carbocycles. The van der Waals surface area contributed by atoms with Crippen molar-refractivity contribution in [3.8, 4) is 12.1 Å². The van der Waals surface area contributed by atoms with Crippen molar-refractivity contribution in [1.29, 1.82) is 10.5 Å². The molecule has 0 unspecified atom stereocenters. The molecule has 1 aromatic heterocycles. The molecule has 0 spiro atoms. The highest BCUT2D eigenvalue weighted by Gasteiger charge is 2.67. The third-order valence-electron chi connectivity index (χ3n) is 8.00. The molecule has 1 fully saturated rings. The van der Waals surface area contributed by atoms with Crippen LogP contribution in [-0.4, -0.2) is 35.3 Å². The minimum Gasteiger partial charge on any atom is -0.383 e. The van der Waals surface area contributed by atoms with Crippen LogP contribution in [0, 0.1) is 28.1 Å². The van der Waals surface area contributed by atoms with Crippen molar-refractivity contribution >= 4 is 33.7 Å². The zero-order chi connectivity index (χ0) is 31.4. The average Bonchev–Trinajstić information content (AvgIpc) is 3.52. The Morgan fingerprint density at radius 2 is 1.82 bits per heavy atom. The van der Waals surface area contributed by atoms with Crippen molar-refractivity contribution < 1.29 is 13.2 Å². The smallest absolute Gasteiger partial charge is 0.383 e. The molecule has 228 valence electrons. The zero-order valence-electron chi connectivity index (χ0n) is 24.6. The van der Waals surface area contributed by atoms with Gasteiger partial charge in [-0.3, -0.25) is 15.0 Å². The predicted molar refractivity (Wildman–Crippen MR) is 161 cm³/mol. The first-order valence-corrected chi connectivity index (χ1v) is 14.1. The molecule has 0 saturated heterocycles. The maximum absolute atomic E-state index is 14.0. The van der Waals surface area contributed by atoms with Gasteiger partial charge in [-0.15, -0.1) is 11.1 Å². The highest BCUT2D eigenvalue weighted by molar-refractivity contribution is 5.99. The Kier molecular flexibility index (Phi) is 6.87. The Morgan fingerprint density at radius 3 is 2.48 bits per heavy atom. The third kappa shape index (κ3) is 5.02. The summed E-state index contributed by atoms with van der Waals surface area (Å²) in [4.78, 5) is 4.42. The van der Waals surface area contributed by atoms with Crippen LogP contribution >= 0.6 is 0 Å². The van der Waals surface area contributed by atoms with Crippen molar-refractivity contribution in [3.05, 3.63) is 65.1 Å². The summed E-state index contributed by atoms with van der Waals surface area (Å²) in [6, 6.07) is 12.8. The van der Waals surface area contributed by atoms with Crippen molar-refractivity contribution in [2.24, 2.45) is 5.41 Å². The van der Waals surface area contributed by atoms with E-state index in [1.165, 1.54) is 12.4 Å². The fourth-order valence-electron chi connectivity index (χ4n) is 5.54. The molecular weight excluding hydrogens is 571 g/mol. The molecule has 3 aliphatic rings. The Labute approximate surface area is 252 Å². The zero-order valence-corrected chi connectivity index (χ0v) is 24.6. The van der Waals surface area contributed by atoms with Crippen LogP contribution in [0.2, 0.25) is 0 Å². The number of nitriles is 2. The van der Waals surface area contributed by atoms with Crippen LogP contribution in [0.3, 0.4) is 0 Å². The van der Waals surface area contributed by atoms with E-state index in [1.807, 2.05) is 31.3 Å². The van der Waals surface area contributed by atoms with Crippen LogP contribution in [0.15, 0.2) is 48.4 Å². The van der Waals surface area contributed by atoms with Gasteiger partial charge in [0.2, 0.25) is 0 Å². The van der Waals surface area contributed by atoms with Crippen LogP contribution in [-0.2, 0) is 0 Å². The summed E-state index contributed by atoms with van der Waals surface area (Å²) in [5, 5.41) is 30.3. The highest BCUT2D eigenvalue weighted by Crippen LogP contribution is 2.54. The SMILES string of the molecule is CN1NNc2cccc([C@H](Nc3cc(C#N)c4ncc(C#N)c(NCC(C)(C)C)c4c3)C3=CN(C4(C(F)(F)F)CC4)NN3)c21. The van der Waals surface area contributed by atoms with Gasteiger partial charge >= 0.3 is 6.18 Å². The van der Waals surface area contributed by atoms with E-state index < -0.39 is 17.8 Å². The molecule has 0 amide bonds. The fraction of sp³-hybridized carbons (Fsp3) is 0.367. The molecule has 3 aromatic rings. The maximum Gasteiger partial charge on any atom is 0.413 e. The van der Waals surface area contributed by atoms with Gasteiger partial charge in [0, 0.05) is 42.6 Å². The van der Waals surface area contributed by atoms with Gasteiger partial charge in [0.15, 0.2) is 5.54 Å². The van der Waals surface area contributed by atoms with Gasteiger partial charge in [0.1, 0.15) is 12.1 Å². The van der Waals surface area contributed by atoms with Crippen LogP contribution in [0.5, 0.6) is 0 Å². The van der Waals surface area contributed by atoms with E-state index in [0.717, 1.165) is 21.9 Å².